The molecular formula is C15H17N3O. The summed E-state index contributed by atoms with van der Waals surface area (Å²) in [6, 6.07) is 8.21. The second-order valence-electron chi connectivity index (χ2n) is 4.88. The van der Waals surface area contributed by atoms with Gasteiger partial charge in [-0.3, -0.25) is 9.48 Å². The predicted molar refractivity (Wildman–Crippen MR) is 74.5 cm³/mol. The van der Waals surface area contributed by atoms with Gasteiger partial charge in [0, 0.05) is 37.3 Å². The van der Waals surface area contributed by atoms with Crippen LogP contribution in [0.2, 0.25) is 0 Å². The highest BCUT2D eigenvalue weighted by atomic mass is 16.1. The summed E-state index contributed by atoms with van der Waals surface area (Å²) in [4.78, 5) is 12.3. The third-order valence-electron chi connectivity index (χ3n) is 3.65. The van der Waals surface area contributed by atoms with E-state index in [0.717, 1.165) is 18.8 Å². The molecule has 4 nitrogen and oxygen atoms in total. The number of benzene rings is 1. The monoisotopic (exact) mass is 255 g/mol. The Hall–Kier alpha value is -2.10. The van der Waals surface area contributed by atoms with Crippen molar-refractivity contribution in [3.8, 4) is 0 Å². The van der Waals surface area contributed by atoms with Crippen molar-refractivity contribution in [2.45, 2.75) is 25.8 Å². The lowest BCUT2D eigenvalue weighted by molar-refractivity contribution is 0.0975. The highest BCUT2D eigenvalue weighted by Gasteiger charge is 2.24. The van der Waals surface area contributed by atoms with Gasteiger partial charge < -0.3 is 5.32 Å². The first-order chi connectivity index (χ1) is 9.28. The number of hydrogen-bond donors (Lipinski definition) is 1. The van der Waals surface area contributed by atoms with Crippen LogP contribution in [0.15, 0.2) is 36.7 Å². The molecule has 1 aliphatic rings. The fourth-order valence-electron chi connectivity index (χ4n) is 2.56. The largest absolute Gasteiger partial charge is 0.384 e. The minimum absolute atomic E-state index is 0.170. The summed E-state index contributed by atoms with van der Waals surface area (Å²) in [5, 5.41) is 7.51. The number of aryl methyl sites for hydroxylation is 1. The van der Waals surface area contributed by atoms with Gasteiger partial charge in [-0.05, 0) is 18.6 Å². The number of para-hydroxylation sites is 1. The average molecular weight is 255 g/mol. The van der Waals surface area contributed by atoms with Gasteiger partial charge in [0.2, 0.25) is 0 Å². The second kappa shape index (κ2) is 4.88. The van der Waals surface area contributed by atoms with Crippen LogP contribution in [0.25, 0.3) is 0 Å². The van der Waals surface area contributed by atoms with Crippen molar-refractivity contribution in [1.82, 2.24) is 9.78 Å². The number of fused-ring (bicyclic) bond motifs is 1. The molecule has 1 N–H and O–H groups in total. The molecule has 1 atom stereocenters. The molecule has 19 heavy (non-hydrogen) atoms. The van der Waals surface area contributed by atoms with Crippen LogP contribution < -0.4 is 5.32 Å². The number of anilines is 1. The van der Waals surface area contributed by atoms with E-state index in [9.17, 15) is 4.79 Å². The van der Waals surface area contributed by atoms with Crippen LogP contribution in [0.1, 0.15) is 35.2 Å². The zero-order valence-corrected chi connectivity index (χ0v) is 11.0. The molecule has 1 aromatic carbocycles. The van der Waals surface area contributed by atoms with Crippen LogP contribution in [0.3, 0.4) is 0 Å². The first-order valence-corrected chi connectivity index (χ1v) is 6.66. The summed E-state index contributed by atoms with van der Waals surface area (Å²) in [6.45, 7) is 3.65. The van der Waals surface area contributed by atoms with Crippen LogP contribution in [-0.4, -0.2) is 22.1 Å². The lowest BCUT2D eigenvalue weighted by Crippen LogP contribution is -2.09. The summed E-state index contributed by atoms with van der Waals surface area (Å²) in [5.41, 5.74) is 3.12. The van der Waals surface area contributed by atoms with E-state index in [1.165, 1.54) is 5.56 Å². The van der Waals surface area contributed by atoms with Crippen LogP contribution >= 0.6 is 0 Å². The number of nitrogens with one attached hydrogen (secondary N) is 1. The molecule has 0 aliphatic carbocycles. The number of hydrogen-bond acceptors (Lipinski definition) is 3. The topological polar surface area (TPSA) is 46.9 Å². The van der Waals surface area contributed by atoms with Crippen molar-refractivity contribution in [3.63, 3.8) is 0 Å². The van der Waals surface area contributed by atoms with E-state index in [-0.39, 0.29) is 11.7 Å². The number of carbonyl (C=O) groups excluding carboxylic acids is 1. The van der Waals surface area contributed by atoms with Gasteiger partial charge in [0.1, 0.15) is 0 Å². The molecule has 0 fully saturated rings. The minimum atomic E-state index is 0.170. The van der Waals surface area contributed by atoms with Crippen molar-refractivity contribution >= 4 is 11.5 Å². The van der Waals surface area contributed by atoms with Crippen LogP contribution in [0.5, 0.6) is 0 Å². The number of Topliss-reactive ketones (excluding diaryl/α,β-unsaturated/α-hetero) is 1. The molecule has 0 bridgehead atoms. The molecular weight excluding hydrogens is 238 g/mol. The molecule has 0 amide bonds. The van der Waals surface area contributed by atoms with Gasteiger partial charge in [0.05, 0.1) is 11.8 Å². The number of aromatic nitrogens is 2. The Labute approximate surface area is 112 Å². The maximum atomic E-state index is 12.3. The van der Waals surface area contributed by atoms with Crippen molar-refractivity contribution in [2.75, 3.05) is 11.9 Å². The third-order valence-corrected chi connectivity index (χ3v) is 3.65. The highest BCUT2D eigenvalue weighted by Crippen LogP contribution is 2.33. The van der Waals surface area contributed by atoms with Crippen LogP contribution in [0, 0.1) is 0 Å². The Bertz CT molecular complexity index is 603. The standard InChI is InChI=1S/C15H17N3O/c1-2-18-10-12(9-17-18)15(19)7-11-8-16-14-6-4-3-5-13(11)14/h3-6,9-11,16H,2,7-8H2,1H3. The predicted octanol–water partition coefficient (Wildman–Crippen LogP) is 2.69. The Kier molecular flexibility index (Phi) is 3.07. The molecule has 4 heteroatoms. The van der Waals surface area contributed by atoms with Gasteiger partial charge >= 0.3 is 0 Å². The van der Waals surface area contributed by atoms with E-state index in [1.54, 1.807) is 10.9 Å². The first-order valence-electron chi connectivity index (χ1n) is 6.66. The van der Waals surface area contributed by atoms with Gasteiger partial charge in [-0.15, -0.1) is 0 Å². The van der Waals surface area contributed by atoms with Gasteiger partial charge in [-0.25, -0.2) is 0 Å². The van der Waals surface area contributed by atoms with Crippen molar-refractivity contribution in [1.29, 1.82) is 0 Å². The van der Waals surface area contributed by atoms with Crippen molar-refractivity contribution in [3.05, 3.63) is 47.8 Å². The smallest absolute Gasteiger partial charge is 0.166 e. The molecule has 1 aliphatic heterocycles. The Balaban J connectivity index is 1.74. The summed E-state index contributed by atoms with van der Waals surface area (Å²) >= 11 is 0. The maximum absolute atomic E-state index is 12.3. The van der Waals surface area contributed by atoms with E-state index < -0.39 is 0 Å². The molecule has 2 heterocycles. The molecule has 0 saturated heterocycles. The molecule has 98 valence electrons. The fourth-order valence-corrected chi connectivity index (χ4v) is 2.56. The van der Waals surface area contributed by atoms with Gasteiger partial charge in [-0.1, -0.05) is 18.2 Å². The van der Waals surface area contributed by atoms with Gasteiger partial charge in [-0.2, -0.15) is 5.10 Å². The van der Waals surface area contributed by atoms with Crippen molar-refractivity contribution in [2.24, 2.45) is 0 Å². The summed E-state index contributed by atoms with van der Waals surface area (Å²) in [6.07, 6.45) is 4.04. The molecule has 1 unspecified atom stereocenters. The van der Waals surface area contributed by atoms with E-state index in [1.807, 2.05) is 25.3 Å². The lowest BCUT2D eigenvalue weighted by atomic mass is 9.94. The zero-order chi connectivity index (χ0) is 13.2. The van der Waals surface area contributed by atoms with Gasteiger partial charge in [0.15, 0.2) is 5.78 Å². The third kappa shape index (κ3) is 2.26. The van der Waals surface area contributed by atoms with Crippen LogP contribution in [-0.2, 0) is 6.54 Å². The number of rotatable bonds is 4. The summed E-state index contributed by atoms with van der Waals surface area (Å²) < 4.78 is 1.79. The first kappa shape index (κ1) is 12.0. The molecule has 0 saturated carbocycles. The van der Waals surface area contributed by atoms with E-state index in [2.05, 4.69) is 22.5 Å². The number of nitrogens with zero attached hydrogens (tertiary/aromatic N) is 2. The highest BCUT2D eigenvalue weighted by molar-refractivity contribution is 5.96. The SMILES string of the molecule is CCn1cc(C(=O)CC2CNc3ccccc32)cn1. The zero-order valence-electron chi connectivity index (χ0n) is 11.0. The lowest BCUT2D eigenvalue weighted by Gasteiger charge is -2.07. The fraction of sp³-hybridized carbons (Fsp3) is 0.333. The molecule has 1 aromatic heterocycles. The summed E-state index contributed by atoms with van der Waals surface area (Å²) in [7, 11) is 0. The Morgan fingerprint density at radius 1 is 1.47 bits per heavy atom. The molecule has 2 aromatic rings. The van der Waals surface area contributed by atoms with E-state index in [4.69, 9.17) is 0 Å². The van der Waals surface area contributed by atoms with E-state index in [0.29, 0.717) is 12.0 Å². The van der Waals surface area contributed by atoms with Crippen LogP contribution in [0.4, 0.5) is 5.69 Å². The average Bonchev–Trinajstić information content (AvgIpc) is 3.06. The number of carbonyl (C=O) groups is 1. The molecule has 0 spiro atoms. The molecule has 0 radical (unpaired) electrons. The Morgan fingerprint density at radius 3 is 3.11 bits per heavy atom. The minimum Gasteiger partial charge on any atom is -0.384 e. The molecule has 3 rings (SSSR count). The normalized spacial score (nSPS) is 17.0. The number of ketones is 1. The van der Waals surface area contributed by atoms with Crippen molar-refractivity contribution < 1.29 is 4.79 Å². The van der Waals surface area contributed by atoms with E-state index >= 15 is 0 Å². The Morgan fingerprint density at radius 2 is 2.32 bits per heavy atom. The maximum Gasteiger partial charge on any atom is 0.166 e. The second-order valence-corrected chi connectivity index (χ2v) is 4.88. The van der Waals surface area contributed by atoms with Gasteiger partial charge in [0.25, 0.3) is 0 Å². The summed E-state index contributed by atoms with van der Waals surface area (Å²) in [5.74, 6) is 0.442. The quantitative estimate of drug-likeness (QED) is 0.854.